The molecule has 0 atom stereocenters. The lowest BCUT2D eigenvalue weighted by Gasteiger charge is -2.20. The first-order valence-electron chi connectivity index (χ1n) is 7.00. The van der Waals surface area contributed by atoms with Crippen LogP contribution >= 0.6 is 0 Å². The fourth-order valence-electron chi connectivity index (χ4n) is 2.13. The Balaban J connectivity index is 2.57. The number of aromatic hydroxyl groups is 1. The predicted molar refractivity (Wildman–Crippen MR) is 80.6 cm³/mol. The van der Waals surface area contributed by atoms with Gasteiger partial charge in [0, 0.05) is 12.3 Å². The van der Waals surface area contributed by atoms with Crippen LogP contribution in [-0.4, -0.2) is 19.6 Å². The van der Waals surface area contributed by atoms with Gasteiger partial charge in [-0.25, -0.2) is 4.98 Å². The molecule has 0 aliphatic heterocycles. The molecule has 0 spiro atoms. The van der Waals surface area contributed by atoms with Gasteiger partial charge in [-0.2, -0.15) is 0 Å². The third-order valence-corrected chi connectivity index (χ3v) is 4.15. The van der Waals surface area contributed by atoms with Gasteiger partial charge in [0.25, 0.3) is 0 Å². The highest BCUT2D eigenvalue weighted by Crippen LogP contribution is 2.32. The summed E-state index contributed by atoms with van der Waals surface area (Å²) in [6.45, 7) is 12.3. The van der Waals surface area contributed by atoms with E-state index in [0.29, 0.717) is 5.82 Å². The topological polar surface area (TPSA) is 50.9 Å². The second-order valence-corrected chi connectivity index (χ2v) is 6.00. The molecule has 2 aromatic rings. The SMILES string of the molecule is CCC(C)(C)c1cc(O)n(-c2nc(C)c(C)nc2C)c1. The maximum absolute atomic E-state index is 10.2. The summed E-state index contributed by atoms with van der Waals surface area (Å²) in [5.41, 5.74) is 3.77. The van der Waals surface area contributed by atoms with Crippen molar-refractivity contribution in [2.45, 2.75) is 53.4 Å². The van der Waals surface area contributed by atoms with Gasteiger partial charge in [-0.15, -0.1) is 0 Å². The normalized spacial score (nSPS) is 11.9. The van der Waals surface area contributed by atoms with Crippen molar-refractivity contribution in [1.29, 1.82) is 0 Å². The van der Waals surface area contributed by atoms with Gasteiger partial charge in [-0.1, -0.05) is 20.8 Å². The zero-order chi connectivity index (χ0) is 15.1. The monoisotopic (exact) mass is 273 g/mol. The van der Waals surface area contributed by atoms with Crippen molar-refractivity contribution in [2.75, 3.05) is 0 Å². The third kappa shape index (κ3) is 2.42. The van der Waals surface area contributed by atoms with Crippen LogP contribution in [0, 0.1) is 20.8 Å². The highest BCUT2D eigenvalue weighted by atomic mass is 16.3. The molecule has 0 aliphatic carbocycles. The van der Waals surface area contributed by atoms with E-state index in [1.807, 2.05) is 33.0 Å². The maximum atomic E-state index is 10.2. The van der Waals surface area contributed by atoms with E-state index in [9.17, 15) is 5.11 Å². The highest BCUT2D eigenvalue weighted by Gasteiger charge is 2.22. The second kappa shape index (κ2) is 4.93. The van der Waals surface area contributed by atoms with Crippen LogP contribution in [-0.2, 0) is 5.41 Å². The molecule has 0 unspecified atom stereocenters. The molecular formula is C16H23N3O. The molecule has 0 aromatic carbocycles. The van der Waals surface area contributed by atoms with Gasteiger partial charge in [0.1, 0.15) is 0 Å². The Morgan fingerprint density at radius 2 is 1.70 bits per heavy atom. The first kappa shape index (κ1) is 14.6. The molecule has 0 radical (unpaired) electrons. The quantitative estimate of drug-likeness (QED) is 0.929. The third-order valence-electron chi connectivity index (χ3n) is 4.15. The molecule has 2 aromatic heterocycles. The molecule has 20 heavy (non-hydrogen) atoms. The van der Waals surface area contributed by atoms with Crippen LogP contribution in [0.15, 0.2) is 12.3 Å². The summed E-state index contributed by atoms with van der Waals surface area (Å²) in [4.78, 5) is 9.05. The lowest BCUT2D eigenvalue weighted by molar-refractivity contribution is 0.440. The number of aromatic nitrogens is 3. The van der Waals surface area contributed by atoms with Crippen LogP contribution in [0.2, 0.25) is 0 Å². The zero-order valence-electron chi connectivity index (χ0n) is 13.2. The summed E-state index contributed by atoms with van der Waals surface area (Å²) in [6.07, 6.45) is 2.97. The molecule has 4 heteroatoms. The molecule has 0 saturated carbocycles. The van der Waals surface area contributed by atoms with Gasteiger partial charge in [0.15, 0.2) is 11.7 Å². The molecule has 1 N–H and O–H groups in total. The van der Waals surface area contributed by atoms with Crippen LogP contribution in [0.1, 0.15) is 49.8 Å². The summed E-state index contributed by atoms with van der Waals surface area (Å²) in [5, 5.41) is 10.2. The molecule has 0 saturated heterocycles. The van der Waals surface area contributed by atoms with E-state index in [1.165, 1.54) is 0 Å². The Bertz CT molecular complexity index is 641. The first-order valence-corrected chi connectivity index (χ1v) is 7.00. The second-order valence-electron chi connectivity index (χ2n) is 6.00. The standard InChI is InChI=1S/C16H23N3O/c1-7-16(5,6)13-8-14(20)19(9-13)15-12(4)17-10(2)11(3)18-15/h8-9,20H,7H2,1-6H3. The van der Waals surface area contributed by atoms with Crippen molar-refractivity contribution in [2.24, 2.45) is 0 Å². The van der Waals surface area contributed by atoms with Gasteiger partial charge in [0.2, 0.25) is 0 Å². The van der Waals surface area contributed by atoms with Crippen molar-refractivity contribution in [1.82, 2.24) is 14.5 Å². The summed E-state index contributed by atoms with van der Waals surface area (Å²) >= 11 is 0. The fraction of sp³-hybridized carbons (Fsp3) is 0.500. The predicted octanol–water partition coefficient (Wildman–Crippen LogP) is 3.59. The number of rotatable bonds is 3. The van der Waals surface area contributed by atoms with Gasteiger partial charge in [0.05, 0.1) is 17.1 Å². The van der Waals surface area contributed by atoms with E-state index < -0.39 is 0 Å². The minimum absolute atomic E-state index is 0.0316. The number of aryl methyl sites for hydroxylation is 3. The average molecular weight is 273 g/mol. The Morgan fingerprint density at radius 1 is 1.10 bits per heavy atom. The molecule has 2 rings (SSSR count). The molecule has 4 nitrogen and oxygen atoms in total. The van der Waals surface area contributed by atoms with Crippen LogP contribution in [0.4, 0.5) is 0 Å². The summed E-state index contributed by atoms with van der Waals surface area (Å²) in [5.74, 6) is 0.908. The van der Waals surface area contributed by atoms with E-state index in [2.05, 4.69) is 30.7 Å². The smallest absolute Gasteiger partial charge is 0.197 e. The van der Waals surface area contributed by atoms with Crippen LogP contribution in [0.5, 0.6) is 5.88 Å². The molecular weight excluding hydrogens is 250 g/mol. The van der Waals surface area contributed by atoms with E-state index in [1.54, 1.807) is 4.57 Å². The molecule has 108 valence electrons. The molecule has 0 bridgehead atoms. The molecule has 0 fully saturated rings. The van der Waals surface area contributed by atoms with E-state index >= 15 is 0 Å². The lowest BCUT2D eigenvalue weighted by Crippen LogP contribution is -2.14. The summed E-state index contributed by atoms with van der Waals surface area (Å²) < 4.78 is 1.72. The van der Waals surface area contributed by atoms with Crippen molar-refractivity contribution in [3.05, 3.63) is 34.9 Å². The number of hydrogen-bond donors (Lipinski definition) is 1. The molecule has 0 aliphatic rings. The van der Waals surface area contributed by atoms with Crippen molar-refractivity contribution in [3.8, 4) is 11.7 Å². The molecule has 2 heterocycles. The van der Waals surface area contributed by atoms with Crippen LogP contribution in [0.25, 0.3) is 5.82 Å². The lowest BCUT2D eigenvalue weighted by atomic mass is 9.84. The van der Waals surface area contributed by atoms with Gasteiger partial charge in [-0.3, -0.25) is 9.55 Å². The van der Waals surface area contributed by atoms with E-state index in [-0.39, 0.29) is 11.3 Å². The number of nitrogens with zero attached hydrogens (tertiary/aromatic N) is 3. The van der Waals surface area contributed by atoms with Crippen molar-refractivity contribution < 1.29 is 5.11 Å². The number of hydrogen-bond acceptors (Lipinski definition) is 3. The first-order chi connectivity index (χ1) is 9.26. The van der Waals surface area contributed by atoms with Crippen molar-refractivity contribution >= 4 is 0 Å². The Morgan fingerprint density at radius 3 is 2.30 bits per heavy atom. The van der Waals surface area contributed by atoms with Gasteiger partial charge >= 0.3 is 0 Å². The zero-order valence-corrected chi connectivity index (χ0v) is 13.2. The van der Waals surface area contributed by atoms with Crippen LogP contribution in [0.3, 0.4) is 0 Å². The Hall–Kier alpha value is -1.84. The average Bonchev–Trinajstić information content (AvgIpc) is 2.76. The van der Waals surface area contributed by atoms with Gasteiger partial charge < -0.3 is 5.11 Å². The largest absolute Gasteiger partial charge is 0.494 e. The van der Waals surface area contributed by atoms with Crippen LogP contribution < -0.4 is 0 Å². The minimum atomic E-state index is 0.0316. The van der Waals surface area contributed by atoms with Gasteiger partial charge in [-0.05, 0) is 38.2 Å². The summed E-state index contributed by atoms with van der Waals surface area (Å²) in [7, 11) is 0. The Labute approximate surface area is 120 Å². The van der Waals surface area contributed by atoms with E-state index in [4.69, 9.17) is 0 Å². The molecule has 0 amide bonds. The summed E-state index contributed by atoms with van der Waals surface area (Å²) in [6, 6.07) is 1.82. The fourth-order valence-corrected chi connectivity index (χ4v) is 2.13. The van der Waals surface area contributed by atoms with E-state index in [0.717, 1.165) is 29.1 Å². The highest BCUT2D eigenvalue weighted by molar-refractivity contribution is 5.40. The minimum Gasteiger partial charge on any atom is -0.494 e. The maximum Gasteiger partial charge on any atom is 0.197 e. The Kier molecular flexibility index (Phi) is 3.59. The van der Waals surface area contributed by atoms with Crippen molar-refractivity contribution in [3.63, 3.8) is 0 Å².